The molecule has 1 aliphatic carbocycles. The number of rotatable bonds is 11. The molecule has 0 saturated heterocycles. The molecule has 0 aromatic heterocycles. The van der Waals surface area contributed by atoms with Crippen molar-refractivity contribution in [2.24, 2.45) is 0 Å². The fourth-order valence-electron chi connectivity index (χ4n) is 3.01. The second kappa shape index (κ2) is 10.4. The smallest absolute Gasteiger partial charge is 0.335 e. The van der Waals surface area contributed by atoms with E-state index in [1.807, 2.05) is 0 Å². The van der Waals surface area contributed by atoms with Crippen molar-refractivity contribution in [3.63, 3.8) is 0 Å². The van der Waals surface area contributed by atoms with Crippen molar-refractivity contribution in [1.29, 1.82) is 0 Å². The summed E-state index contributed by atoms with van der Waals surface area (Å²) in [6.45, 7) is 1.27. The Morgan fingerprint density at radius 2 is 2.07 bits per heavy atom. The van der Waals surface area contributed by atoms with Crippen LogP contribution in [0.25, 0.3) is 0 Å². The van der Waals surface area contributed by atoms with Gasteiger partial charge in [0.25, 0.3) is 0 Å². The van der Waals surface area contributed by atoms with E-state index >= 15 is 0 Å². The molecule has 150 valence electrons. The third kappa shape index (κ3) is 6.64. The molecule has 2 rings (SSSR count). The summed E-state index contributed by atoms with van der Waals surface area (Å²) in [5, 5.41) is 12.4. The number of ether oxygens (including phenoxy) is 1. The standard InChI is InChI=1S/C19H28N2O5S/c1-26-13-5-11-21-27(24,25)18-14-16(19(22)23)8-9-17(18)20-12-10-15-6-3-2-4-7-15/h6,8-9,14,20-21H,2-5,7,10-13H2,1H3,(H,22,23). The van der Waals surface area contributed by atoms with Crippen molar-refractivity contribution in [3.05, 3.63) is 35.4 Å². The van der Waals surface area contributed by atoms with Gasteiger partial charge in [-0.25, -0.2) is 17.9 Å². The second-order valence-electron chi connectivity index (χ2n) is 6.55. The van der Waals surface area contributed by atoms with Gasteiger partial charge in [-0.05, 0) is 56.7 Å². The lowest BCUT2D eigenvalue weighted by Gasteiger charge is -2.16. The number of aromatic carboxylic acids is 1. The summed E-state index contributed by atoms with van der Waals surface area (Å²) in [6, 6.07) is 4.13. The summed E-state index contributed by atoms with van der Waals surface area (Å²) in [4.78, 5) is 11.2. The summed E-state index contributed by atoms with van der Waals surface area (Å²) in [5.41, 5.74) is 1.74. The lowest BCUT2D eigenvalue weighted by atomic mass is 9.97. The van der Waals surface area contributed by atoms with Crippen LogP contribution in [0, 0.1) is 0 Å². The Morgan fingerprint density at radius 3 is 2.74 bits per heavy atom. The van der Waals surface area contributed by atoms with E-state index in [0.717, 1.165) is 19.3 Å². The summed E-state index contributed by atoms with van der Waals surface area (Å²) in [6.07, 6.45) is 8.26. The highest BCUT2D eigenvalue weighted by Gasteiger charge is 2.20. The molecular weight excluding hydrogens is 368 g/mol. The molecule has 0 bridgehead atoms. The lowest BCUT2D eigenvalue weighted by Crippen LogP contribution is -2.26. The van der Waals surface area contributed by atoms with Gasteiger partial charge in [0.1, 0.15) is 4.90 Å². The maximum absolute atomic E-state index is 12.7. The molecule has 7 nitrogen and oxygen atoms in total. The molecule has 1 aromatic carbocycles. The van der Waals surface area contributed by atoms with Gasteiger partial charge in [0, 0.05) is 26.8 Å². The van der Waals surface area contributed by atoms with Crippen LogP contribution in [0.1, 0.15) is 48.9 Å². The third-order valence-electron chi connectivity index (χ3n) is 4.48. The summed E-state index contributed by atoms with van der Waals surface area (Å²) < 4.78 is 32.7. The molecule has 0 radical (unpaired) electrons. The molecule has 0 unspecified atom stereocenters. The van der Waals surface area contributed by atoms with Crippen molar-refractivity contribution < 1.29 is 23.1 Å². The van der Waals surface area contributed by atoms with Gasteiger partial charge in [0.05, 0.1) is 11.3 Å². The van der Waals surface area contributed by atoms with E-state index in [0.29, 0.717) is 25.3 Å². The molecule has 8 heteroatoms. The molecule has 0 saturated carbocycles. The number of carboxylic acids is 1. The van der Waals surface area contributed by atoms with E-state index in [1.54, 1.807) is 7.11 Å². The minimum atomic E-state index is -3.83. The highest BCUT2D eigenvalue weighted by Crippen LogP contribution is 2.24. The first-order chi connectivity index (χ1) is 12.9. The van der Waals surface area contributed by atoms with Gasteiger partial charge in [0.15, 0.2) is 0 Å². The van der Waals surface area contributed by atoms with Gasteiger partial charge in [-0.15, -0.1) is 0 Å². The summed E-state index contributed by atoms with van der Waals surface area (Å²) in [5.74, 6) is -1.16. The normalized spacial score (nSPS) is 14.6. The molecule has 0 amide bonds. The Balaban J connectivity index is 2.12. The zero-order valence-corrected chi connectivity index (χ0v) is 16.5. The van der Waals surface area contributed by atoms with Gasteiger partial charge in [0.2, 0.25) is 10.0 Å². The Kier molecular flexibility index (Phi) is 8.27. The topological polar surface area (TPSA) is 105 Å². The van der Waals surface area contributed by atoms with Crippen molar-refractivity contribution in [1.82, 2.24) is 4.72 Å². The minimum Gasteiger partial charge on any atom is -0.478 e. The fourth-order valence-corrected chi connectivity index (χ4v) is 4.29. The number of carboxylic acid groups (broad SMARTS) is 1. The monoisotopic (exact) mass is 396 g/mol. The van der Waals surface area contributed by atoms with E-state index in [1.165, 1.54) is 36.6 Å². The Hall–Kier alpha value is -1.90. The third-order valence-corrected chi connectivity index (χ3v) is 5.98. The van der Waals surface area contributed by atoms with Crippen LogP contribution in [-0.2, 0) is 14.8 Å². The highest BCUT2D eigenvalue weighted by molar-refractivity contribution is 7.89. The van der Waals surface area contributed by atoms with Crippen LogP contribution in [0.15, 0.2) is 34.7 Å². The molecule has 1 aliphatic rings. The summed E-state index contributed by atoms with van der Waals surface area (Å²) >= 11 is 0. The number of carbonyl (C=O) groups is 1. The van der Waals surface area contributed by atoms with Crippen LogP contribution >= 0.6 is 0 Å². The van der Waals surface area contributed by atoms with E-state index in [4.69, 9.17) is 4.74 Å². The van der Waals surface area contributed by atoms with Gasteiger partial charge in [-0.1, -0.05) is 11.6 Å². The molecule has 0 aliphatic heterocycles. The molecule has 27 heavy (non-hydrogen) atoms. The van der Waals surface area contributed by atoms with Crippen molar-refractivity contribution in [2.75, 3.05) is 32.1 Å². The fraction of sp³-hybridized carbons (Fsp3) is 0.526. The Labute approximate surface area is 160 Å². The predicted molar refractivity (Wildman–Crippen MR) is 105 cm³/mol. The zero-order chi connectivity index (χ0) is 19.7. The van der Waals surface area contributed by atoms with Crippen LogP contribution in [-0.4, -0.2) is 46.3 Å². The van der Waals surface area contributed by atoms with Gasteiger partial charge in [-0.3, -0.25) is 0 Å². The number of nitrogens with one attached hydrogen (secondary N) is 2. The number of hydrogen-bond donors (Lipinski definition) is 3. The Bertz CT molecular complexity index is 774. The molecule has 1 aromatic rings. The van der Waals surface area contributed by atoms with E-state index < -0.39 is 16.0 Å². The number of anilines is 1. The van der Waals surface area contributed by atoms with Crippen molar-refractivity contribution in [2.45, 2.75) is 43.4 Å². The first-order valence-corrected chi connectivity index (χ1v) is 10.7. The maximum Gasteiger partial charge on any atom is 0.335 e. The number of allylic oxidation sites excluding steroid dienone is 1. The molecule has 0 fully saturated rings. The second-order valence-corrected chi connectivity index (χ2v) is 8.28. The largest absolute Gasteiger partial charge is 0.478 e. The van der Waals surface area contributed by atoms with E-state index in [-0.39, 0.29) is 17.0 Å². The SMILES string of the molecule is COCCCNS(=O)(=O)c1cc(C(=O)O)ccc1NCCC1=CCCCC1. The minimum absolute atomic E-state index is 0.0440. The summed E-state index contributed by atoms with van der Waals surface area (Å²) in [7, 11) is -2.28. The maximum atomic E-state index is 12.7. The van der Waals surface area contributed by atoms with Crippen LogP contribution in [0.5, 0.6) is 0 Å². The van der Waals surface area contributed by atoms with Crippen LogP contribution < -0.4 is 10.0 Å². The first kappa shape index (κ1) is 21.4. The zero-order valence-electron chi connectivity index (χ0n) is 15.7. The van der Waals surface area contributed by atoms with Gasteiger partial charge in [-0.2, -0.15) is 0 Å². The van der Waals surface area contributed by atoms with Crippen molar-refractivity contribution >= 4 is 21.7 Å². The van der Waals surface area contributed by atoms with Gasteiger partial charge >= 0.3 is 5.97 Å². The molecule has 0 atom stereocenters. The number of methoxy groups -OCH3 is 1. The molecule has 0 spiro atoms. The number of benzene rings is 1. The van der Waals surface area contributed by atoms with Crippen LogP contribution in [0.3, 0.4) is 0 Å². The van der Waals surface area contributed by atoms with Crippen LogP contribution in [0.4, 0.5) is 5.69 Å². The van der Waals surface area contributed by atoms with Gasteiger partial charge < -0.3 is 15.2 Å². The number of hydrogen-bond acceptors (Lipinski definition) is 5. The van der Waals surface area contributed by atoms with Crippen molar-refractivity contribution in [3.8, 4) is 0 Å². The molecular formula is C19H28N2O5S. The quantitative estimate of drug-likeness (QED) is 0.392. The first-order valence-electron chi connectivity index (χ1n) is 9.22. The predicted octanol–water partition coefficient (Wildman–Crippen LogP) is 3.00. The average Bonchev–Trinajstić information content (AvgIpc) is 2.66. The van der Waals surface area contributed by atoms with Crippen LogP contribution in [0.2, 0.25) is 0 Å². The van der Waals surface area contributed by atoms with E-state index in [2.05, 4.69) is 16.1 Å². The molecule has 0 heterocycles. The van der Waals surface area contributed by atoms with E-state index in [9.17, 15) is 18.3 Å². The average molecular weight is 397 g/mol. The Morgan fingerprint density at radius 1 is 1.26 bits per heavy atom. The number of sulfonamides is 1. The molecule has 3 N–H and O–H groups in total. The highest BCUT2D eigenvalue weighted by atomic mass is 32.2. The lowest BCUT2D eigenvalue weighted by molar-refractivity contribution is 0.0696.